The highest BCUT2D eigenvalue weighted by Crippen LogP contribution is 2.30. The second-order valence-corrected chi connectivity index (χ2v) is 13.5. The van der Waals surface area contributed by atoms with E-state index in [0.29, 0.717) is 23.7 Å². The molecule has 0 amide bonds. The van der Waals surface area contributed by atoms with E-state index in [0.717, 1.165) is 62.5 Å². The number of aliphatic hydroxyl groups is 5. The van der Waals surface area contributed by atoms with Crippen LogP contribution in [0.25, 0.3) is 0 Å². The molecular weight excluding hydrogens is 524 g/mol. The van der Waals surface area contributed by atoms with Crippen LogP contribution in [0.3, 0.4) is 0 Å². The molecule has 5 nitrogen and oxygen atoms in total. The van der Waals surface area contributed by atoms with Gasteiger partial charge < -0.3 is 25.5 Å². The van der Waals surface area contributed by atoms with E-state index in [4.69, 9.17) is 10.2 Å². The SMILES string of the molecule is C=C(C)C1CC=C(C)C(O)C1.C=C(C)C1CCC(C)=CC1O.CC(CO)C1C=CC(C)(O)CC1.CC1=CC(O)CCC1. The number of aliphatic hydroxyl groups excluding tert-OH is 4. The highest BCUT2D eigenvalue weighted by molar-refractivity contribution is 5.15. The summed E-state index contributed by atoms with van der Waals surface area (Å²) in [6, 6.07) is 0. The molecule has 0 aromatic carbocycles. The first-order chi connectivity index (χ1) is 19.6. The fraction of sp³-hybridized carbons (Fsp3) is 0.676. The van der Waals surface area contributed by atoms with E-state index < -0.39 is 5.60 Å². The van der Waals surface area contributed by atoms with Crippen molar-refractivity contribution in [2.24, 2.45) is 23.7 Å². The molecule has 0 saturated carbocycles. The minimum Gasteiger partial charge on any atom is -0.396 e. The molecule has 240 valence electrons. The van der Waals surface area contributed by atoms with Crippen LogP contribution in [0.5, 0.6) is 0 Å². The normalized spacial score (nSPS) is 33.0. The van der Waals surface area contributed by atoms with Crippen LogP contribution in [0.2, 0.25) is 0 Å². The lowest BCUT2D eigenvalue weighted by Crippen LogP contribution is -2.28. The molecule has 4 aliphatic carbocycles. The van der Waals surface area contributed by atoms with Gasteiger partial charge in [0.1, 0.15) is 0 Å². The highest BCUT2D eigenvalue weighted by atomic mass is 16.3. The van der Waals surface area contributed by atoms with Crippen molar-refractivity contribution in [2.75, 3.05) is 6.61 Å². The van der Waals surface area contributed by atoms with Gasteiger partial charge in [-0.1, -0.05) is 72.8 Å². The average molecular weight is 587 g/mol. The average Bonchev–Trinajstić information content (AvgIpc) is 2.90. The molecule has 0 aliphatic heterocycles. The van der Waals surface area contributed by atoms with Crippen LogP contribution in [-0.4, -0.2) is 56.1 Å². The molecule has 5 heteroatoms. The van der Waals surface area contributed by atoms with Gasteiger partial charge in [0.2, 0.25) is 0 Å². The lowest BCUT2D eigenvalue weighted by molar-refractivity contribution is 0.0788. The van der Waals surface area contributed by atoms with Crippen LogP contribution in [-0.2, 0) is 0 Å². The first-order valence-electron chi connectivity index (χ1n) is 15.9. The predicted octanol–water partition coefficient (Wildman–Crippen LogP) is 7.37. The van der Waals surface area contributed by atoms with Gasteiger partial charge in [0, 0.05) is 12.5 Å². The summed E-state index contributed by atoms with van der Waals surface area (Å²) in [7, 11) is 0. The van der Waals surface area contributed by atoms with Gasteiger partial charge in [0.25, 0.3) is 0 Å². The lowest BCUT2D eigenvalue weighted by Gasteiger charge is -2.29. The largest absolute Gasteiger partial charge is 0.396 e. The van der Waals surface area contributed by atoms with Gasteiger partial charge in [-0.15, -0.1) is 0 Å². The third-order valence-electron chi connectivity index (χ3n) is 9.06. The second kappa shape index (κ2) is 18.8. The molecule has 0 heterocycles. The van der Waals surface area contributed by atoms with Gasteiger partial charge in [-0.3, -0.25) is 0 Å². The van der Waals surface area contributed by atoms with E-state index in [2.05, 4.69) is 33.1 Å². The van der Waals surface area contributed by atoms with Gasteiger partial charge in [0.15, 0.2) is 0 Å². The van der Waals surface area contributed by atoms with Crippen LogP contribution < -0.4 is 0 Å². The van der Waals surface area contributed by atoms with Crippen LogP contribution in [0, 0.1) is 23.7 Å². The van der Waals surface area contributed by atoms with Crippen LogP contribution >= 0.6 is 0 Å². The zero-order valence-electron chi connectivity index (χ0n) is 27.6. The highest BCUT2D eigenvalue weighted by Gasteiger charge is 2.26. The minimum atomic E-state index is -0.619. The molecule has 0 spiro atoms. The van der Waals surface area contributed by atoms with E-state index in [9.17, 15) is 15.3 Å². The number of allylic oxidation sites excluding steroid dienone is 5. The molecule has 8 atom stereocenters. The zero-order chi connectivity index (χ0) is 32.0. The van der Waals surface area contributed by atoms with Crippen molar-refractivity contribution >= 4 is 0 Å². The molecule has 42 heavy (non-hydrogen) atoms. The Labute approximate surface area is 257 Å². The Kier molecular flexibility index (Phi) is 17.1. The summed E-state index contributed by atoms with van der Waals surface area (Å²) >= 11 is 0. The van der Waals surface area contributed by atoms with Crippen molar-refractivity contribution in [2.45, 2.75) is 130 Å². The first kappa shape index (κ1) is 38.3. The molecule has 0 fully saturated rings. The standard InChI is InChI=1S/C10H18O2.2C10H16O.C7H12O/c1-8(7-11)9-3-5-10(2,12)6-4-9;1-7(2)9-5-4-8(3)10(11)6-9;1-7(2)9-5-4-8(3)6-10(9)11;1-6-3-2-4-7(8)5-6/h3,5,8-9,11-12H,4,6-7H2,1-2H3;4,9-11H,1,5-6H2,2-3H3;6,9-11H,1,4-5H2,2-3H3;5,7-8H,2-4H2,1H3. The van der Waals surface area contributed by atoms with Crippen LogP contribution in [0.4, 0.5) is 0 Å². The number of hydrogen-bond acceptors (Lipinski definition) is 5. The molecular formula is C37H62O5. The molecule has 8 unspecified atom stereocenters. The Bertz CT molecular complexity index is 969. The molecule has 0 aromatic heterocycles. The topological polar surface area (TPSA) is 101 Å². The quantitative estimate of drug-likeness (QED) is 0.222. The van der Waals surface area contributed by atoms with E-state index in [1.54, 1.807) is 0 Å². The Hall–Kier alpha value is -1.76. The van der Waals surface area contributed by atoms with Crippen LogP contribution in [0.1, 0.15) is 106 Å². The summed E-state index contributed by atoms with van der Waals surface area (Å²) < 4.78 is 0. The van der Waals surface area contributed by atoms with Gasteiger partial charge >= 0.3 is 0 Å². The second-order valence-electron chi connectivity index (χ2n) is 13.5. The summed E-state index contributed by atoms with van der Waals surface area (Å²) in [5.74, 6) is 1.54. The molecule has 0 radical (unpaired) electrons. The van der Waals surface area contributed by atoms with E-state index in [1.165, 1.54) is 23.1 Å². The van der Waals surface area contributed by atoms with Crippen LogP contribution in [0.15, 0.2) is 71.4 Å². The third kappa shape index (κ3) is 14.6. The smallest absolute Gasteiger partial charge is 0.0800 e. The summed E-state index contributed by atoms with van der Waals surface area (Å²) in [6.07, 6.45) is 18.4. The Balaban J connectivity index is 0.000000282. The Morgan fingerprint density at radius 3 is 2.05 bits per heavy atom. The third-order valence-corrected chi connectivity index (χ3v) is 9.06. The maximum absolute atomic E-state index is 9.60. The van der Waals surface area contributed by atoms with E-state index >= 15 is 0 Å². The van der Waals surface area contributed by atoms with Crippen molar-refractivity contribution in [1.82, 2.24) is 0 Å². The maximum atomic E-state index is 9.60. The van der Waals surface area contributed by atoms with Gasteiger partial charge in [-0.25, -0.2) is 0 Å². The van der Waals surface area contributed by atoms with Crippen molar-refractivity contribution in [3.63, 3.8) is 0 Å². The molecule has 4 rings (SSSR count). The van der Waals surface area contributed by atoms with E-state index in [1.807, 2.05) is 58.9 Å². The Morgan fingerprint density at radius 1 is 0.976 bits per heavy atom. The van der Waals surface area contributed by atoms with Crippen molar-refractivity contribution in [1.29, 1.82) is 0 Å². The van der Waals surface area contributed by atoms with Crippen molar-refractivity contribution in [3.05, 3.63) is 71.4 Å². The summed E-state index contributed by atoms with van der Waals surface area (Å²) in [5, 5.41) is 46.6. The van der Waals surface area contributed by atoms with Crippen molar-refractivity contribution < 1.29 is 25.5 Å². The lowest BCUT2D eigenvalue weighted by atomic mass is 9.81. The Morgan fingerprint density at radius 2 is 1.62 bits per heavy atom. The fourth-order valence-corrected chi connectivity index (χ4v) is 5.67. The molecule has 0 saturated heterocycles. The summed E-state index contributed by atoms with van der Waals surface area (Å²) in [5.41, 5.74) is 5.42. The van der Waals surface area contributed by atoms with Gasteiger partial charge in [-0.05, 0) is 123 Å². The summed E-state index contributed by atoms with van der Waals surface area (Å²) in [6.45, 7) is 22.0. The fourth-order valence-electron chi connectivity index (χ4n) is 5.67. The predicted molar refractivity (Wildman–Crippen MR) is 177 cm³/mol. The summed E-state index contributed by atoms with van der Waals surface area (Å²) in [4.78, 5) is 0. The monoisotopic (exact) mass is 586 g/mol. The maximum Gasteiger partial charge on any atom is 0.0800 e. The van der Waals surface area contributed by atoms with Gasteiger partial charge in [-0.2, -0.15) is 0 Å². The number of rotatable bonds is 4. The van der Waals surface area contributed by atoms with Gasteiger partial charge in [0.05, 0.1) is 23.9 Å². The molecule has 0 aromatic rings. The molecule has 4 aliphatic rings. The first-order valence-corrected chi connectivity index (χ1v) is 15.9. The molecule has 0 bridgehead atoms. The molecule has 5 N–H and O–H groups in total. The van der Waals surface area contributed by atoms with E-state index in [-0.39, 0.29) is 24.9 Å². The zero-order valence-corrected chi connectivity index (χ0v) is 27.6. The minimum absolute atomic E-state index is 0.149. The van der Waals surface area contributed by atoms with Crippen molar-refractivity contribution in [3.8, 4) is 0 Å². The number of hydrogen-bond donors (Lipinski definition) is 5.